The number of likely N-dealkylation sites (N-methyl/N-ethyl adjacent to an activating group) is 1. The average molecular weight is 390 g/mol. The number of nitrogens with zero attached hydrogens (tertiary/aromatic N) is 2. The maximum Gasteiger partial charge on any atom is 0.324 e. The zero-order valence-electron chi connectivity index (χ0n) is 16.9. The molecule has 1 saturated heterocycles. The standard InChI is InChI=1S/C20H30N4O4/c1-13(2)10-20(19(27)28)11-16(18(26)23-9-8-22-14(3)25)17(24(20)4)15-6-5-7-21-12-15/h5-7,12-13,16-17H,8-11H2,1-4H3,(H,22,25)(H,23,26)(H,27,28)/t16-,17-,20-/m0/s1. The minimum atomic E-state index is -1.12. The van der Waals surface area contributed by atoms with E-state index in [1.165, 1.54) is 6.92 Å². The summed E-state index contributed by atoms with van der Waals surface area (Å²) in [5.41, 5.74) is -0.298. The first-order valence-electron chi connectivity index (χ1n) is 9.57. The first-order valence-corrected chi connectivity index (χ1v) is 9.57. The van der Waals surface area contributed by atoms with Crippen molar-refractivity contribution >= 4 is 17.8 Å². The van der Waals surface area contributed by atoms with Crippen LogP contribution in [-0.2, 0) is 14.4 Å². The van der Waals surface area contributed by atoms with Crippen molar-refractivity contribution in [1.29, 1.82) is 0 Å². The Labute approximate surface area is 165 Å². The van der Waals surface area contributed by atoms with Gasteiger partial charge in [-0.1, -0.05) is 19.9 Å². The Kier molecular flexibility index (Phi) is 7.12. The van der Waals surface area contributed by atoms with E-state index in [1.807, 2.05) is 24.8 Å². The Bertz CT molecular complexity index is 709. The molecule has 0 saturated carbocycles. The molecule has 3 N–H and O–H groups in total. The summed E-state index contributed by atoms with van der Waals surface area (Å²) < 4.78 is 0. The molecular formula is C20H30N4O4. The Hall–Kier alpha value is -2.48. The zero-order chi connectivity index (χ0) is 20.9. The zero-order valence-corrected chi connectivity index (χ0v) is 16.9. The fourth-order valence-electron chi connectivity index (χ4n) is 4.18. The molecule has 2 rings (SSSR count). The van der Waals surface area contributed by atoms with Gasteiger partial charge in [-0.2, -0.15) is 0 Å². The van der Waals surface area contributed by atoms with E-state index < -0.39 is 17.4 Å². The van der Waals surface area contributed by atoms with Crippen LogP contribution in [0.15, 0.2) is 24.5 Å². The Balaban J connectivity index is 2.30. The van der Waals surface area contributed by atoms with Gasteiger partial charge in [0.1, 0.15) is 5.54 Å². The maximum atomic E-state index is 13.0. The second-order valence-electron chi connectivity index (χ2n) is 7.86. The van der Waals surface area contributed by atoms with Crippen LogP contribution in [-0.4, -0.2) is 58.5 Å². The number of carbonyl (C=O) groups is 3. The predicted molar refractivity (Wildman–Crippen MR) is 104 cm³/mol. The summed E-state index contributed by atoms with van der Waals surface area (Å²) in [6, 6.07) is 3.28. The molecule has 1 fully saturated rings. The molecule has 154 valence electrons. The number of likely N-dealkylation sites (tertiary alicyclic amines) is 1. The van der Waals surface area contributed by atoms with Crippen LogP contribution in [0, 0.1) is 11.8 Å². The lowest BCUT2D eigenvalue weighted by atomic mass is 9.83. The molecule has 1 aliphatic heterocycles. The normalized spacial score (nSPS) is 24.9. The van der Waals surface area contributed by atoms with Crippen molar-refractivity contribution in [2.45, 2.75) is 45.2 Å². The topological polar surface area (TPSA) is 112 Å². The SMILES string of the molecule is CC(=O)NCCNC(=O)[C@H]1C[C@@](CC(C)C)(C(=O)O)N(C)[C@H]1c1cccnc1. The van der Waals surface area contributed by atoms with Crippen molar-refractivity contribution in [3.05, 3.63) is 30.1 Å². The van der Waals surface area contributed by atoms with Gasteiger partial charge >= 0.3 is 5.97 Å². The number of hydrogen-bond acceptors (Lipinski definition) is 5. The smallest absolute Gasteiger partial charge is 0.324 e. The number of rotatable bonds is 8. The lowest BCUT2D eigenvalue weighted by molar-refractivity contribution is -0.151. The average Bonchev–Trinajstić information content (AvgIpc) is 2.92. The molecule has 0 radical (unpaired) electrons. The molecule has 0 aromatic carbocycles. The van der Waals surface area contributed by atoms with Gasteiger partial charge in [0, 0.05) is 38.4 Å². The van der Waals surface area contributed by atoms with Crippen LogP contribution in [0.4, 0.5) is 0 Å². The monoisotopic (exact) mass is 390 g/mol. The fourth-order valence-corrected chi connectivity index (χ4v) is 4.18. The van der Waals surface area contributed by atoms with E-state index >= 15 is 0 Å². The molecule has 1 aromatic rings. The highest BCUT2D eigenvalue weighted by Gasteiger charge is 2.57. The summed E-state index contributed by atoms with van der Waals surface area (Å²) >= 11 is 0. The molecule has 0 unspecified atom stereocenters. The molecule has 28 heavy (non-hydrogen) atoms. The minimum Gasteiger partial charge on any atom is -0.480 e. The van der Waals surface area contributed by atoms with Crippen LogP contribution >= 0.6 is 0 Å². The largest absolute Gasteiger partial charge is 0.480 e. The third-order valence-electron chi connectivity index (χ3n) is 5.34. The number of amides is 2. The van der Waals surface area contributed by atoms with Gasteiger partial charge in [0.25, 0.3) is 0 Å². The van der Waals surface area contributed by atoms with Crippen molar-refractivity contribution in [3.8, 4) is 0 Å². The lowest BCUT2D eigenvalue weighted by Crippen LogP contribution is -2.50. The van der Waals surface area contributed by atoms with Gasteiger partial charge in [0.2, 0.25) is 11.8 Å². The minimum absolute atomic E-state index is 0.162. The quantitative estimate of drug-likeness (QED) is 0.575. The molecule has 0 aliphatic carbocycles. The van der Waals surface area contributed by atoms with Crippen molar-refractivity contribution in [2.75, 3.05) is 20.1 Å². The number of aliphatic carboxylic acids is 1. The molecule has 1 aromatic heterocycles. The molecule has 2 amide bonds. The summed E-state index contributed by atoms with van der Waals surface area (Å²) in [7, 11) is 1.78. The van der Waals surface area contributed by atoms with Gasteiger partial charge in [-0.3, -0.25) is 24.3 Å². The first-order chi connectivity index (χ1) is 13.2. The Morgan fingerprint density at radius 2 is 2.00 bits per heavy atom. The van der Waals surface area contributed by atoms with E-state index in [0.717, 1.165) is 5.56 Å². The lowest BCUT2D eigenvalue weighted by Gasteiger charge is -2.36. The van der Waals surface area contributed by atoms with Crippen LogP contribution in [0.25, 0.3) is 0 Å². The third kappa shape index (κ3) is 4.67. The molecule has 0 spiro atoms. The van der Waals surface area contributed by atoms with Gasteiger partial charge in [0.15, 0.2) is 0 Å². The highest BCUT2D eigenvalue weighted by Crippen LogP contribution is 2.48. The van der Waals surface area contributed by atoms with E-state index in [1.54, 1.807) is 25.5 Å². The van der Waals surface area contributed by atoms with E-state index in [0.29, 0.717) is 19.5 Å². The number of nitrogens with one attached hydrogen (secondary N) is 2. The van der Waals surface area contributed by atoms with Crippen molar-refractivity contribution < 1.29 is 19.5 Å². The first kappa shape index (κ1) is 21.8. The molecule has 8 heteroatoms. The van der Waals surface area contributed by atoms with E-state index in [4.69, 9.17) is 0 Å². The Morgan fingerprint density at radius 1 is 1.32 bits per heavy atom. The van der Waals surface area contributed by atoms with Crippen molar-refractivity contribution in [1.82, 2.24) is 20.5 Å². The van der Waals surface area contributed by atoms with Gasteiger partial charge in [-0.15, -0.1) is 0 Å². The van der Waals surface area contributed by atoms with Crippen LogP contribution < -0.4 is 10.6 Å². The Morgan fingerprint density at radius 3 is 2.54 bits per heavy atom. The van der Waals surface area contributed by atoms with Crippen LogP contribution in [0.1, 0.15) is 45.2 Å². The van der Waals surface area contributed by atoms with E-state index in [9.17, 15) is 19.5 Å². The van der Waals surface area contributed by atoms with E-state index in [2.05, 4.69) is 15.6 Å². The number of hydrogen-bond donors (Lipinski definition) is 3. The summed E-state index contributed by atoms with van der Waals surface area (Å²) in [5, 5.41) is 15.6. The molecule has 0 bridgehead atoms. The van der Waals surface area contributed by atoms with Crippen LogP contribution in [0.5, 0.6) is 0 Å². The van der Waals surface area contributed by atoms with Gasteiger partial charge in [-0.25, -0.2) is 0 Å². The fraction of sp³-hybridized carbons (Fsp3) is 0.600. The molecule has 1 aliphatic rings. The molecule has 8 nitrogen and oxygen atoms in total. The highest BCUT2D eigenvalue weighted by molar-refractivity contribution is 5.85. The van der Waals surface area contributed by atoms with Crippen LogP contribution in [0.3, 0.4) is 0 Å². The molecule has 3 atom stereocenters. The van der Waals surface area contributed by atoms with Crippen molar-refractivity contribution in [3.63, 3.8) is 0 Å². The summed E-state index contributed by atoms with van der Waals surface area (Å²) in [4.78, 5) is 42.2. The van der Waals surface area contributed by atoms with E-state index in [-0.39, 0.29) is 30.2 Å². The molecule has 2 heterocycles. The number of carbonyl (C=O) groups excluding carboxylic acids is 2. The number of pyridine rings is 1. The predicted octanol–water partition coefficient (Wildman–Crippen LogP) is 1.20. The van der Waals surface area contributed by atoms with Gasteiger partial charge in [-0.05, 0) is 37.4 Å². The number of carboxylic acids is 1. The second kappa shape index (κ2) is 9.14. The maximum absolute atomic E-state index is 13.0. The third-order valence-corrected chi connectivity index (χ3v) is 5.34. The van der Waals surface area contributed by atoms with Gasteiger partial charge in [0.05, 0.1) is 5.92 Å². The van der Waals surface area contributed by atoms with Crippen molar-refractivity contribution in [2.24, 2.45) is 11.8 Å². The second-order valence-corrected chi connectivity index (χ2v) is 7.86. The van der Waals surface area contributed by atoms with Gasteiger partial charge < -0.3 is 15.7 Å². The van der Waals surface area contributed by atoms with Crippen LogP contribution in [0.2, 0.25) is 0 Å². The summed E-state index contributed by atoms with van der Waals surface area (Å²) in [6.07, 6.45) is 4.01. The summed E-state index contributed by atoms with van der Waals surface area (Å²) in [5.74, 6) is -1.65. The number of carboxylic acid groups (broad SMARTS) is 1. The summed E-state index contributed by atoms with van der Waals surface area (Å²) in [6.45, 7) is 6.01. The number of aromatic nitrogens is 1. The molecular weight excluding hydrogens is 360 g/mol. The highest BCUT2D eigenvalue weighted by atomic mass is 16.4.